The minimum absolute atomic E-state index is 0.0120. The zero-order valence-electron chi connectivity index (χ0n) is 24.5. The van der Waals surface area contributed by atoms with E-state index < -0.39 is 66.6 Å². The minimum atomic E-state index is -4.58. The quantitative estimate of drug-likeness (QED) is 0.0938. The Morgan fingerprint density at radius 3 is 1.74 bits per heavy atom. The van der Waals surface area contributed by atoms with Gasteiger partial charge in [0.2, 0.25) is 11.0 Å². The topological polar surface area (TPSA) is 204 Å². The Labute approximate surface area is 266 Å². The van der Waals surface area contributed by atoms with Crippen LogP contribution in [-0.2, 0) is 48.0 Å². The first-order valence-corrected chi connectivity index (χ1v) is 18.9. The molecule has 0 aliphatic rings. The normalized spacial score (nSPS) is 12.4. The first-order chi connectivity index (χ1) is 21.6. The number of carbonyl (C=O) groups is 2. The van der Waals surface area contributed by atoms with Crippen LogP contribution >= 0.6 is 0 Å². The van der Waals surface area contributed by atoms with E-state index in [2.05, 4.69) is 0 Å². The van der Waals surface area contributed by atoms with Crippen LogP contribution in [0.1, 0.15) is 41.6 Å². The summed E-state index contributed by atoms with van der Waals surface area (Å²) in [4.78, 5) is 25.0. The zero-order chi connectivity index (χ0) is 33.7. The fourth-order valence-corrected chi connectivity index (χ4v) is 7.64. The van der Waals surface area contributed by atoms with E-state index >= 15 is 0 Å². The van der Waals surface area contributed by atoms with Crippen molar-refractivity contribution in [3.63, 3.8) is 0 Å². The summed E-state index contributed by atoms with van der Waals surface area (Å²) in [6.45, 7) is -0.433. The molecule has 1 heterocycles. The van der Waals surface area contributed by atoms with Gasteiger partial charge in [-0.2, -0.15) is 21.4 Å². The number of amides is 1. The van der Waals surface area contributed by atoms with Gasteiger partial charge in [0.15, 0.2) is 6.54 Å². The molecule has 0 bridgehead atoms. The molecule has 0 saturated heterocycles. The molecule has 0 unspecified atom stereocenters. The largest absolute Gasteiger partial charge is 0.481 e. The molecule has 13 nitrogen and oxygen atoms in total. The van der Waals surface area contributed by atoms with E-state index in [1.54, 1.807) is 53.1 Å². The van der Waals surface area contributed by atoms with Crippen LogP contribution in [0.5, 0.6) is 0 Å². The summed E-state index contributed by atoms with van der Waals surface area (Å²) in [6, 6.07) is 18.9. The third-order valence-electron chi connectivity index (χ3n) is 7.28. The van der Waals surface area contributed by atoms with Gasteiger partial charge in [-0.3, -0.25) is 18.7 Å². The monoisotopic (exact) mass is 693 g/mol. The van der Waals surface area contributed by atoms with Crippen molar-refractivity contribution < 1.29 is 53.6 Å². The molecule has 0 aliphatic carbocycles. The summed E-state index contributed by atoms with van der Waals surface area (Å²) in [6.07, 6.45) is 0.319. The molecule has 0 atom stereocenters. The van der Waals surface area contributed by atoms with Crippen molar-refractivity contribution in [1.82, 2.24) is 4.31 Å². The van der Waals surface area contributed by atoms with Crippen molar-refractivity contribution in [1.29, 1.82) is 0 Å². The number of pyridine rings is 1. The second-order valence-corrected chi connectivity index (χ2v) is 15.6. The molecule has 3 aromatic carbocycles. The van der Waals surface area contributed by atoms with Crippen molar-refractivity contribution in [2.24, 2.45) is 0 Å². The van der Waals surface area contributed by atoms with Crippen LogP contribution in [0.4, 0.5) is 0 Å². The van der Waals surface area contributed by atoms with Crippen molar-refractivity contribution in [2.45, 2.75) is 43.5 Å². The number of hydrogen-bond acceptors (Lipinski definition) is 8. The number of carboxylic acids is 1. The maximum atomic E-state index is 14.4. The van der Waals surface area contributed by atoms with Gasteiger partial charge >= 0.3 is 5.97 Å². The number of carboxylic acid groups (broad SMARTS) is 1. The lowest BCUT2D eigenvalue weighted by Crippen LogP contribution is -2.41. The van der Waals surface area contributed by atoms with E-state index in [0.717, 1.165) is 0 Å². The Morgan fingerprint density at radius 2 is 1.22 bits per heavy atom. The molecule has 46 heavy (non-hydrogen) atoms. The molecule has 246 valence electrons. The maximum Gasteiger partial charge on any atom is 0.303 e. The van der Waals surface area contributed by atoms with Gasteiger partial charge in [0.1, 0.15) is 0 Å². The first-order valence-electron chi connectivity index (χ1n) is 14.2. The highest BCUT2D eigenvalue weighted by Crippen LogP contribution is 2.29. The van der Waals surface area contributed by atoms with Crippen LogP contribution in [0.3, 0.4) is 0 Å². The molecule has 1 aromatic heterocycles. The zero-order valence-corrected chi connectivity index (χ0v) is 27.0. The van der Waals surface area contributed by atoms with Crippen molar-refractivity contribution in [3.05, 3.63) is 83.9 Å². The lowest BCUT2D eigenvalue weighted by molar-refractivity contribution is -0.645. The third kappa shape index (κ3) is 8.64. The highest BCUT2D eigenvalue weighted by atomic mass is 32.2. The Morgan fingerprint density at radius 1 is 0.696 bits per heavy atom. The molecule has 16 heteroatoms. The second-order valence-electron chi connectivity index (χ2n) is 10.6. The van der Waals surface area contributed by atoms with E-state index in [1.807, 2.05) is 0 Å². The average molecular weight is 694 g/mol. The van der Waals surface area contributed by atoms with E-state index in [0.29, 0.717) is 44.5 Å². The standard InChI is InChI=1S/C30H32N2O11S3/c33-28(34)13-5-8-22-14-16-23(17-15-22)46(42,43)32(19-7-21-45(39,40)41)30(35)29-24-9-1-3-11-26(24)31(18-6-20-44(36,37)38)27-12-4-2-10-25(27)29/h1-4,9-12,14-17H,5-8,13,18-21H2,(H2-,33,34,36,37,38,39,40,41)/p+1. The number of para-hydroxylation sites is 2. The van der Waals surface area contributed by atoms with Crippen molar-refractivity contribution in [2.75, 3.05) is 18.1 Å². The summed E-state index contributed by atoms with van der Waals surface area (Å²) < 4.78 is 94.7. The Kier molecular flexibility index (Phi) is 10.8. The van der Waals surface area contributed by atoms with Crippen LogP contribution in [-0.4, -0.2) is 73.7 Å². The highest BCUT2D eigenvalue weighted by molar-refractivity contribution is 7.89. The van der Waals surface area contributed by atoms with Gasteiger partial charge < -0.3 is 5.11 Å². The number of hydrogen-bond donors (Lipinski definition) is 3. The van der Waals surface area contributed by atoms with Gasteiger partial charge in [-0.25, -0.2) is 12.7 Å². The van der Waals surface area contributed by atoms with Crippen molar-refractivity contribution in [3.8, 4) is 0 Å². The molecule has 0 spiro atoms. The fourth-order valence-electron chi connectivity index (χ4n) is 5.24. The molecular formula is C30H33N2O11S3+. The number of fused-ring (bicyclic) bond motifs is 2. The van der Waals surface area contributed by atoms with Gasteiger partial charge in [0.05, 0.1) is 32.7 Å². The van der Waals surface area contributed by atoms with E-state index in [1.165, 1.54) is 24.3 Å². The number of benzene rings is 3. The SMILES string of the molecule is O=C(O)CCCc1ccc(S(=O)(=O)N(CCCS(=O)(=O)O)C(=O)c2c3ccccc3[n+](CCCS(=O)(=O)O)c3ccccc23)cc1. The van der Waals surface area contributed by atoms with Gasteiger partial charge in [0.25, 0.3) is 36.2 Å². The molecule has 4 aromatic rings. The van der Waals surface area contributed by atoms with Crippen LogP contribution in [0.15, 0.2) is 77.7 Å². The summed E-state index contributed by atoms with van der Waals surface area (Å²) in [5, 5.41) is 9.58. The lowest BCUT2D eigenvalue weighted by atomic mass is 10.0. The van der Waals surface area contributed by atoms with Crippen LogP contribution in [0.2, 0.25) is 0 Å². The predicted molar refractivity (Wildman–Crippen MR) is 169 cm³/mol. The molecule has 4 rings (SSSR count). The number of nitrogens with zero attached hydrogens (tertiary/aromatic N) is 2. The number of rotatable bonds is 15. The maximum absolute atomic E-state index is 14.4. The third-order valence-corrected chi connectivity index (χ3v) is 10.7. The minimum Gasteiger partial charge on any atom is -0.481 e. The van der Waals surface area contributed by atoms with Crippen LogP contribution in [0.25, 0.3) is 21.8 Å². The smallest absolute Gasteiger partial charge is 0.303 e. The molecule has 1 amide bonds. The Balaban J connectivity index is 1.83. The van der Waals surface area contributed by atoms with Gasteiger partial charge in [-0.05, 0) is 49.1 Å². The van der Waals surface area contributed by atoms with Gasteiger partial charge in [-0.15, -0.1) is 0 Å². The first kappa shape index (κ1) is 34.9. The summed E-state index contributed by atoms with van der Waals surface area (Å²) in [5.74, 6) is -3.19. The Hall–Kier alpha value is -3.96. The molecule has 3 N–H and O–H groups in total. The van der Waals surface area contributed by atoms with Crippen LogP contribution < -0.4 is 4.57 Å². The van der Waals surface area contributed by atoms with E-state index in [-0.39, 0.29) is 29.8 Å². The van der Waals surface area contributed by atoms with Crippen molar-refractivity contribution >= 4 is 63.9 Å². The fraction of sp³-hybridized carbons (Fsp3) is 0.300. The number of aryl methyl sites for hydroxylation is 2. The van der Waals surface area contributed by atoms with E-state index in [4.69, 9.17) is 5.11 Å². The number of sulfonamides is 1. The molecule has 0 fully saturated rings. The molecule has 0 radical (unpaired) electrons. The average Bonchev–Trinajstić information content (AvgIpc) is 2.97. The lowest BCUT2D eigenvalue weighted by Gasteiger charge is -2.24. The number of aliphatic carboxylic acids is 1. The summed E-state index contributed by atoms with van der Waals surface area (Å²) >= 11 is 0. The Bertz CT molecular complexity index is 2040. The highest BCUT2D eigenvalue weighted by Gasteiger charge is 2.34. The summed E-state index contributed by atoms with van der Waals surface area (Å²) in [7, 11) is -13.3. The predicted octanol–water partition coefficient (Wildman–Crippen LogP) is 3.07. The van der Waals surface area contributed by atoms with Gasteiger partial charge in [-0.1, -0.05) is 36.4 Å². The van der Waals surface area contributed by atoms with Gasteiger partial charge in [0, 0.05) is 31.5 Å². The van der Waals surface area contributed by atoms with Crippen LogP contribution in [0, 0.1) is 0 Å². The summed E-state index contributed by atoms with van der Waals surface area (Å²) in [5.41, 5.74) is 1.67. The number of carbonyl (C=O) groups excluding carboxylic acids is 1. The number of aromatic nitrogens is 1. The van der Waals surface area contributed by atoms with E-state index in [9.17, 15) is 43.9 Å². The second kappa shape index (κ2) is 14.2. The molecule has 0 saturated carbocycles. The molecular weight excluding hydrogens is 661 g/mol. The molecule has 0 aliphatic heterocycles.